The van der Waals surface area contributed by atoms with Crippen LogP contribution in [0.1, 0.15) is 25.5 Å². The fourth-order valence-electron chi connectivity index (χ4n) is 2.37. The molecule has 1 aliphatic rings. The van der Waals surface area contributed by atoms with E-state index in [1.807, 2.05) is 6.92 Å². The Bertz CT molecular complexity index is 478. The van der Waals surface area contributed by atoms with Crippen LogP contribution in [-0.4, -0.2) is 40.7 Å². The number of rotatable bonds is 3. The van der Waals surface area contributed by atoms with Crippen molar-refractivity contribution in [3.05, 3.63) is 11.8 Å². The fourth-order valence-corrected chi connectivity index (χ4v) is 2.37. The van der Waals surface area contributed by atoms with Crippen LogP contribution in [0.3, 0.4) is 0 Å². The van der Waals surface area contributed by atoms with Gasteiger partial charge in [-0.3, -0.25) is 0 Å². The van der Waals surface area contributed by atoms with Gasteiger partial charge in [0.1, 0.15) is 6.04 Å². The molecule has 2 atom stereocenters. The van der Waals surface area contributed by atoms with Gasteiger partial charge >= 0.3 is 5.97 Å². The highest BCUT2D eigenvalue weighted by Crippen LogP contribution is 2.27. The molecule has 1 aromatic rings. The van der Waals surface area contributed by atoms with Gasteiger partial charge in [-0.15, -0.1) is 0 Å². The van der Waals surface area contributed by atoms with Crippen molar-refractivity contribution in [1.82, 2.24) is 9.97 Å². The predicted octanol–water partition coefficient (Wildman–Crippen LogP) is 1.48. The second-order valence-electron chi connectivity index (χ2n) is 5.03. The number of hydrogen-bond acceptors (Lipinski definition) is 5. The van der Waals surface area contributed by atoms with Crippen LogP contribution in [-0.2, 0) is 4.79 Å². The molecular formula is C13H19N3O3. The van der Waals surface area contributed by atoms with Crippen molar-refractivity contribution in [3.63, 3.8) is 0 Å². The smallest absolute Gasteiger partial charge is 0.326 e. The van der Waals surface area contributed by atoms with Gasteiger partial charge in [0.15, 0.2) is 0 Å². The van der Waals surface area contributed by atoms with Crippen LogP contribution in [0.2, 0.25) is 0 Å². The molecule has 0 bridgehead atoms. The summed E-state index contributed by atoms with van der Waals surface area (Å²) >= 11 is 0. The highest BCUT2D eigenvalue weighted by atomic mass is 16.5. The highest BCUT2D eigenvalue weighted by Gasteiger charge is 2.33. The standard InChI is InChI=1S/C13H19N3O3/c1-8-4-5-16(10(6-8)12(17)18)13-14-9(2)7-11(15-13)19-3/h7-8,10H,4-6H2,1-3H3,(H,17,18). The number of ether oxygens (including phenoxy) is 1. The number of aromatic nitrogens is 2. The van der Waals surface area contributed by atoms with Gasteiger partial charge in [-0.25, -0.2) is 9.78 Å². The Balaban J connectivity index is 2.33. The van der Waals surface area contributed by atoms with Crippen LogP contribution < -0.4 is 9.64 Å². The Hall–Kier alpha value is -1.85. The maximum absolute atomic E-state index is 11.4. The number of hydrogen-bond donors (Lipinski definition) is 1. The molecule has 0 saturated carbocycles. The van der Waals surface area contributed by atoms with E-state index in [2.05, 4.69) is 16.9 Å². The number of methoxy groups -OCH3 is 1. The van der Waals surface area contributed by atoms with Crippen molar-refractivity contribution < 1.29 is 14.6 Å². The third-order valence-electron chi connectivity index (χ3n) is 3.43. The molecule has 1 aromatic heterocycles. The van der Waals surface area contributed by atoms with E-state index < -0.39 is 12.0 Å². The number of aliphatic carboxylic acids is 1. The monoisotopic (exact) mass is 265 g/mol. The van der Waals surface area contributed by atoms with Gasteiger partial charge in [0.05, 0.1) is 7.11 Å². The average molecular weight is 265 g/mol. The van der Waals surface area contributed by atoms with Crippen LogP contribution in [0.5, 0.6) is 5.88 Å². The summed E-state index contributed by atoms with van der Waals surface area (Å²) in [6.07, 6.45) is 1.57. The van der Waals surface area contributed by atoms with Crippen LogP contribution in [0.25, 0.3) is 0 Å². The van der Waals surface area contributed by atoms with Crippen LogP contribution in [0, 0.1) is 12.8 Å². The Morgan fingerprint density at radius 2 is 2.26 bits per heavy atom. The zero-order chi connectivity index (χ0) is 14.0. The van der Waals surface area contributed by atoms with Gasteiger partial charge in [-0.2, -0.15) is 4.98 Å². The molecule has 1 N–H and O–H groups in total. The van der Waals surface area contributed by atoms with Crippen molar-refractivity contribution in [3.8, 4) is 5.88 Å². The fraction of sp³-hybridized carbons (Fsp3) is 0.615. The maximum atomic E-state index is 11.4. The summed E-state index contributed by atoms with van der Waals surface area (Å²) in [5, 5.41) is 9.36. The summed E-state index contributed by atoms with van der Waals surface area (Å²) in [4.78, 5) is 21.8. The molecule has 1 fully saturated rings. The van der Waals surface area contributed by atoms with Crippen LogP contribution in [0.15, 0.2) is 6.07 Å². The molecule has 0 spiro atoms. The molecule has 0 aromatic carbocycles. The van der Waals surface area contributed by atoms with Gasteiger partial charge < -0.3 is 14.7 Å². The number of piperidine rings is 1. The lowest BCUT2D eigenvalue weighted by Gasteiger charge is -2.36. The molecule has 1 aliphatic heterocycles. The third-order valence-corrected chi connectivity index (χ3v) is 3.43. The summed E-state index contributed by atoms with van der Waals surface area (Å²) in [7, 11) is 1.54. The van der Waals surface area contributed by atoms with Crippen LogP contribution in [0.4, 0.5) is 5.95 Å². The van der Waals surface area contributed by atoms with E-state index in [4.69, 9.17) is 4.74 Å². The molecule has 104 valence electrons. The van der Waals surface area contributed by atoms with Gasteiger partial charge in [0.2, 0.25) is 11.8 Å². The second kappa shape index (κ2) is 5.42. The minimum absolute atomic E-state index is 0.407. The number of carboxylic acid groups (broad SMARTS) is 1. The number of carboxylic acids is 1. The SMILES string of the molecule is COc1cc(C)nc(N2CCC(C)CC2C(=O)O)n1. The second-order valence-corrected chi connectivity index (χ2v) is 5.03. The minimum Gasteiger partial charge on any atom is -0.481 e. The zero-order valence-electron chi connectivity index (χ0n) is 11.5. The van der Waals surface area contributed by atoms with Crippen molar-refractivity contribution in [1.29, 1.82) is 0 Å². The molecule has 19 heavy (non-hydrogen) atoms. The summed E-state index contributed by atoms with van der Waals surface area (Å²) in [5.74, 6) is 0.487. The van der Waals surface area contributed by atoms with Crippen molar-refractivity contribution in [2.24, 2.45) is 5.92 Å². The van der Waals surface area contributed by atoms with Crippen LogP contribution >= 0.6 is 0 Å². The lowest BCUT2D eigenvalue weighted by molar-refractivity contribution is -0.139. The van der Waals surface area contributed by atoms with E-state index in [1.54, 1.807) is 18.1 Å². The number of carbonyl (C=O) groups is 1. The van der Waals surface area contributed by atoms with Gasteiger partial charge in [0.25, 0.3) is 0 Å². The van der Waals surface area contributed by atoms with E-state index in [0.717, 1.165) is 12.1 Å². The lowest BCUT2D eigenvalue weighted by Crippen LogP contribution is -2.47. The molecular weight excluding hydrogens is 246 g/mol. The topological polar surface area (TPSA) is 75.5 Å². The molecule has 6 nitrogen and oxygen atoms in total. The van der Waals surface area contributed by atoms with Gasteiger partial charge in [0, 0.05) is 18.3 Å². The largest absolute Gasteiger partial charge is 0.481 e. The quantitative estimate of drug-likeness (QED) is 0.892. The summed E-state index contributed by atoms with van der Waals surface area (Å²) in [5.41, 5.74) is 0.768. The van der Waals surface area contributed by atoms with Crippen molar-refractivity contribution >= 4 is 11.9 Å². The highest BCUT2D eigenvalue weighted by molar-refractivity contribution is 5.77. The normalized spacial score (nSPS) is 23.2. The van der Waals surface area contributed by atoms with Gasteiger partial charge in [-0.1, -0.05) is 6.92 Å². The molecule has 1 saturated heterocycles. The number of aryl methyl sites for hydroxylation is 1. The molecule has 2 rings (SSSR count). The van der Waals surface area contributed by atoms with E-state index in [9.17, 15) is 9.90 Å². The predicted molar refractivity (Wildman–Crippen MR) is 70.5 cm³/mol. The first-order chi connectivity index (χ1) is 9.01. The summed E-state index contributed by atoms with van der Waals surface area (Å²) in [6, 6.07) is 1.17. The third kappa shape index (κ3) is 2.94. The van der Waals surface area contributed by atoms with E-state index in [1.165, 1.54) is 0 Å². The van der Waals surface area contributed by atoms with E-state index >= 15 is 0 Å². The number of nitrogens with zero attached hydrogens (tertiary/aromatic N) is 3. The zero-order valence-corrected chi connectivity index (χ0v) is 11.5. The summed E-state index contributed by atoms with van der Waals surface area (Å²) in [6.45, 7) is 4.58. The number of anilines is 1. The molecule has 2 unspecified atom stereocenters. The van der Waals surface area contributed by atoms with E-state index in [0.29, 0.717) is 30.7 Å². The van der Waals surface area contributed by atoms with Gasteiger partial charge in [-0.05, 0) is 25.7 Å². The first kappa shape index (κ1) is 13.6. The lowest BCUT2D eigenvalue weighted by atomic mass is 9.93. The Morgan fingerprint density at radius 3 is 2.89 bits per heavy atom. The molecule has 0 radical (unpaired) electrons. The first-order valence-electron chi connectivity index (χ1n) is 6.40. The first-order valence-corrected chi connectivity index (χ1v) is 6.40. The molecule has 6 heteroatoms. The summed E-state index contributed by atoms with van der Waals surface area (Å²) < 4.78 is 5.12. The van der Waals surface area contributed by atoms with E-state index in [-0.39, 0.29) is 0 Å². The Labute approximate surface area is 112 Å². The maximum Gasteiger partial charge on any atom is 0.326 e. The average Bonchev–Trinajstić information content (AvgIpc) is 2.37. The molecule has 0 amide bonds. The Morgan fingerprint density at radius 1 is 1.53 bits per heavy atom. The molecule has 0 aliphatic carbocycles. The Kier molecular flexibility index (Phi) is 3.87. The van der Waals surface area contributed by atoms with Crippen molar-refractivity contribution in [2.45, 2.75) is 32.7 Å². The molecule has 2 heterocycles. The van der Waals surface area contributed by atoms with Crippen molar-refractivity contribution in [2.75, 3.05) is 18.6 Å². The minimum atomic E-state index is -0.823.